The molecule has 1 rings (SSSR count). The summed E-state index contributed by atoms with van der Waals surface area (Å²) in [4.78, 5) is 12.8. The Bertz CT molecular complexity index is 417. The summed E-state index contributed by atoms with van der Waals surface area (Å²) in [7, 11) is 0. The lowest BCUT2D eigenvalue weighted by atomic mass is 10.3. The fourth-order valence-corrected chi connectivity index (χ4v) is 0.703. The minimum atomic E-state index is -0.819. The molecule has 0 amide bonds. The lowest BCUT2D eigenvalue weighted by molar-refractivity contribution is 0.569. The zero-order chi connectivity index (χ0) is 9.68. The molecule has 0 saturated carbocycles. The van der Waals surface area contributed by atoms with Gasteiger partial charge in [-0.15, -0.1) is 0 Å². The van der Waals surface area contributed by atoms with Crippen molar-refractivity contribution in [3.05, 3.63) is 35.6 Å². The third kappa shape index (κ3) is 2.22. The van der Waals surface area contributed by atoms with Gasteiger partial charge >= 0.3 is 0 Å². The van der Waals surface area contributed by atoms with Gasteiger partial charge in [0, 0.05) is 5.73 Å². The van der Waals surface area contributed by atoms with Crippen molar-refractivity contribution in [1.82, 2.24) is 0 Å². The molecule has 0 atom stereocenters. The van der Waals surface area contributed by atoms with E-state index in [1.54, 1.807) is 5.73 Å². The molecular weight excluding hydrogens is 176 g/mol. The highest BCUT2D eigenvalue weighted by molar-refractivity contribution is 5.66. The van der Waals surface area contributed by atoms with Crippen LogP contribution >= 0.6 is 0 Å². The van der Waals surface area contributed by atoms with Crippen LogP contribution in [0.5, 0.6) is 0 Å². The number of rotatable bonds is 1. The number of benzene rings is 1. The quantitative estimate of drug-likeness (QED) is 0.367. The van der Waals surface area contributed by atoms with E-state index in [0.29, 0.717) is 0 Å². The molecule has 0 saturated heterocycles. The van der Waals surface area contributed by atoms with Crippen molar-refractivity contribution in [1.29, 1.82) is 0 Å². The van der Waals surface area contributed by atoms with Gasteiger partial charge in [0.15, 0.2) is 17.6 Å². The number of halogens is 2. The number of nitrogens with zero attached hydrogens (tertiary/aromatic N) is 1. The van der Waals surface area contributed by atoms with E-state index in [0.717, 1.165) is 12.1 Å². The van der Waals surface area contributed by atoms with E-state index >= 15 is 0 Å². The Balaban J connectivity index is 3.29. The van der Waals surface area contributed by atoms with E-state index in [-0.39, 0.29) is 0 Å². The predicted octanol–water partition coefficient (Wildman–Crippen LogP) is 1.81. The van der Waals surface area contributed by atoms with Crippen molar-refractivity contribution in [3.63, 3.8) is 0 Å². The van der Waals surface area contributed by atoms with Crippen molar-refractivity contribution >= 4 is 17.5 Å². The SMILES string of the molecule is O=C=C=C=Nc1c(F)cccc1F. The molecule has 1 aromatic carbocycles. The fourth-order valence-electron chi connectivity index (χ4n) is 0.703. The molecule has 0 aliphatic heterocycles. The van der Waals surface area contributed by atoms with Crippen LogP contribution in [0.25, 0.3) is 0 Å². The van der Waals surface area contributed by atoms with Gasteiger partial charge < -0.3 is 0 Å². The van der Waals surface area contributed by atoms with Gasteiger partial charge in [-0.2, -0.15) is 4.99 Å². The van der Waals surface area contributed by atoms with Crippen molar-refractivity contribution in [2.24, 2.45) is 4.99 Å². The van der Waals surface area contributed by atoms with E-state index in [2.05, 4.69) is 4.99 Å². The summed E-state index contributed by atoms with van der Waals surface area (Å²) in [5.41, 5.74) is 1.30. The average molecular weight is 179 g/mol. The molecular formula is C9H3F2NO. The van der Waals surface area contributed by atoms with Gasteiger partial charge in [-0.1, -0.05) is 6.07 Å². The maximum absolute atomic E-state index is 12.8. The topological polar surface area (TPSA) is 29.4 Å². The molecule has 0 aromatic heterocycles. The van der Waals surface area contributed by atoms with Gasteiger partial charge in [-0.3, -0.25) is 0 Å². The van der Waals surface area contributed by atoms with Crippen molar-refractivity contribution < 1.29 is 13.6 Å². The Morgan fingerprint density at radius 3 is 2.38 bits per heavy atom. The first-order valence-electron chi connectivity index (χ1n) is 3.27. The highest BCUT2D eigenvalue weighted by Crippen LogP contribution is 2.20. The number of para-hydroxylation sites is 1. The van der Waals surface area contributed by atoms with Crippen LogP contribution in [0.1, 0.15) is 0 Å². The third-order valence-corrected chi connectivity index (χ3v) is 1.21. The first-order valence-corrected chi connectivity index (χ1v) is 3.27. The van der Waals surface area contributed by atoms with Crippen LogP contribution in [0.2, 0.25) is 0 Å². The van der Waals surface area contributed by atoms with E-state index in [1.165, 1.54) is 12.0 Å². The van der Waals surface area contributed by atoms with Crippen LogP contribution in [0.15, 0.2) is 28.9 Å². The van der Waals surface area contributed by atoms with E-state index in [9.17, 15) is 13.6 Å². The standard InChI is InChI=1S/C9H3F2NO/c10-7-3-1-4-8(11)9(7)12-5-2-6-13/h1,3-4H. The Morgan fingerprint density at radius 2 is 1.85 bits per heavy atom. The molecule has 0 bridgehead atoms. The van der Waals surface area contributed by atoms with Crippen LogP contribution in [0, 0.1) is 11.6 Å². The predicted molar refractivity (Wildman–Crippen MR) is 42.7 cm³/mol. The first-order chi connectivity index (χ1) is 6.25. The second-order valence-corrected chi connectivity index (χ2v) is 2.02. The van der Waals surface area contributed by atoms with Gasteiger partial charge in [0.2, 0.25) is 0 Å². The van der Waals surface area contributed by atoms with E-state index in [4.69, 9.17) is 0 Å². The average Bonchev–Trinajstić information content (AvgIpc) is 2.10. The lowest BCUT2D eigenvalue weighted by Gasteiger charge is -1.94. The van der Waals surface area contributed by atoms with Gasteiger partial charge in [-0.25, -0.2) is 13.6 Å². The molecule has 0 heterocycles. The molecule has 0 N–H and O–H groups in total. The molecule has 13 heavy (non-hydrogen) atoms. The summed E-state index contributed by atoms with van der Waals surface area (Å²) in [5.74, 6) is 1.49. The Hall–Kier alpha value is -1.98. The molecule has 0 aliphatic carbocycles. The molecule has 0 radical (unpaired) electrons. The first kappa shape index (κ1) is 9.11. The summed E-state index contributed by atoms with van der Waals surface area (Å²) >= 11 is 0. The molecule has 64 valence electrons. The van der Waals surface area contributed by atoms with Crippen molar-refractivity contribution in [2.45, 2.75) is 0 Å². The van der Waals surface area contributed by atoms with Crippen LogP contribution < -0.4 is 0 Å². The highest BCUT2D eigenvalue weighted by atomic mass is 19.1. The van der Waals surface area contributed by atoms with Crippen LogP contribution in [0.4, 0.5) is 14.5 Å². The largest absolute Gasteiger partial charge is 0.223 e. The number of aliphatic imine (C=N–C) groups is 1. The molecule has 0 spiro atoms. The second kappa shape index (κ2) is 4.15. The van der Waals surface area contributed by atoms with Crippen molar-refractivity contribution in [3.8, 4) is 0 Å². The summed E-state index contributed by atoms with van der Waals surface area (Å²) in [5, 5.41) is 0. The minimum Gasteiger partial charge on any atom is -0.223 e. The van der Waals surface area contributed by atoms with Crippen molar-refractivity contribution in [2.75, 3.05) is 0 Å². The monoisotopic (exact) mass is 179 g/mol. The van der Waals surface area contributed by atoms with Gasteiger partial charge in [0.25, 0.3) is 0 Å². The normalized spacial score (nSPS) is 8.15. The molecule has 0 aliphatic rings. The summed E-state index contributed by atoms with van der Waals surface area (Å²) in [6.45, 7) is 0. The number of carbonyl (C=O) groups excluding carboxylic acids is 1. The minimum absolute atomic E-state index is 0.495. The Kier molecular flexibility index (Phi) is 2.91. The van der Waals surface area contributed by atoms with Gasteiger partial charge in [-0.05, 0) is 12.1 Å². The lowest BCUT2D eigenvalue weighted by Crippen LogP contribution is -1.80. The Morgan fingerprint density at radius 1 is 1.23 bits per heavy atom. The van der Waals surface area contributed by atoms with Crippen LogP contribution in [-0.4, -0.2) is 11.8 Å². The fraction of sp³-hybridized carbons (Fsp3) is 0. The Labute approximate surface area is 72.5 Å². The molecule has 4 heteroatoms. The number of hydrogen-bond donors (Lipinski definition) is 0. The second-order valence-electron chi connectivity index (χ2n) is 2.02. The maximum Gasteiger partial charge on any atom is 0.187 e. The number of hydrogen-bond acceptors (Lipinski definition) is 2. The molecule has 0 fully saturated rings. The summed E-state index contributed by atoms with van der Waals surface area (Å²) in [6, 6.07) is 3.31. The molecule has 0 unspecified atom stereocenters. The zero-order valence-electron chi connectivity index (χ0n) is 6.34. The summed E-state index contributed by atoms with van der Waals surface area (Å²) in [6.07, 6.45) is 0. The zero-order valence-corrected chi connectivity index (χ0v) is 6.34. The molecule has 1 aromatic rings. The molecule has 2 nitrogen and oxygen atoms in total. The van der Waals surface area contributed by atoms with E-state index in [1.807, 2.05) is 5.87 Å². The van der Waals surface area contributed by atoms with Crippen LogP contribution in [0.3, 0.4) is 0 Å². The highest BCUT2D eigenvalue weighted by Gasteiger charge is 2.04. The maximum atomic E-state index is 12.8. The van der Waals surface area contributed by atoms with Gasteiger partial charge in [0.05, 0.1) is 5.87 Å². The summed E-state index contributed by atoms with van der Waals surface area (Å²) < 4.78 is 25.6. The van der Waals surface area contributed by atoms with Gasteiger partial charge in [0.1, 0.15) is 5.69 Å². The smallest absolute Gasteiger partial charge is 0.187 e. The van der Waals surface area contributed by atoms with E-state index < -0.39 is 17.3 Å². The third-order valence-electron chi connectivity index (χ3n) is 1.21. The van der Waals surface area contributed by atoms with Crippen LogP contribution in [-0.2, 0) is 4.79 Å².